The molecule has 0 spiro atoms. The molecule has 0 saturated carbocycles. The van der Waals surface area contributed by atoms with Gasteiger partial charge in [-0.25, -0.2) is 9.07 Å². The lowest BCUT2D eigenvalue weighted by molar-refractivity contribution is 0.607. The highest BCUT2D eigenvalue weighted by molar-refractivity contribution is 5.32. The molecule has 0 aliphatic carbocycles. The molecule has 0 bridgehead atoms. The zero-order valence-electron chi connectivity index (χ0n) is 7.92. The molecular weight excluding hydrogens is 195 g/mol. The Bertz CT molecular complexity index is 468. The van der Waals surface area contributed by atoms with E-state index in [1.54, 1.807) is 23.4 Å². The third kappa shape index (κ3) is 1.36. The number of rotatable bonds is 2. The predicted octanol–water partition coefficient (Wildman–Crippen LogP) is 1.11. The van der Waals surface area contributed by atoms with Crippen LogP contribution in [-0.2, 0) is 0 Å². The number of aromatic nitrogens is 3. The molecule has 2 heterocycles. The van der Waals surface area contributed by atoms with E-state index in [-0.39, 0.29) is 11.9 Å². The first-order valence-corrected chi connectivity index (χ1v) is 4.72. The third-order valence-electron chi connectivity index (χ3n) is 2.55. The SMILES string of the molecule is Fc1ccccc1C1CN1n1cnnc1. The Morgan fingerprint density at radius 2 is 1.93 bits per heavy atom. The summed E-state index contributed by atoms with van der Waals surface area (Å²) in [5, 5.41) is 9.41. The molecule has 1 unspecified atom stereocenters. The van der Waals surface area contributed by atoms with E-state index in [4.69, 9.17) is 0 Å². The van der Waals surface area contributed by atoms with Crippen LogP contribution in [0.15, 0.2) is 36.9 Å². The highest BCUT2D eigenvalue weighted by Crippen LogP contribution is 2.33. The molecule has 1 atom stereocenters. The standard InChI is InChI=1S/C10H9FN4/c11-9-4-2-1-3-8(9)10-5-15(10)14-6-12-13-7-14/h1-4,6-7,10H,5H2. The fourth-order valence-electron chi connectivity index (χ4n) is 1.72. The summed E-state index contributed by atoms with van der Waals surface area (Å²) in [6, 6.07) is 6.95. The van der Waals surface area contributed by atoms with E-state index >= 15 is 0 Å². The largest absolute Gasteiger partial charge is 0.298 e. The van der Waals surface area contributed by atoms with Crippen LogP contribution in [0.3, 0.4) is 0 Å². The zero-order valence-corrected chi connectivity index (χ0v) is 7.92. The Morgan fingerprint density at radius 1 is 1.20 bits per heavy atom. The molecule has 15 heavy (non-hydrogen) atoms. The van der Waals surface area contributed by atoms with E-state index in [1.165, 1.54) is 6.07 Å². The van der Waals surface area contributed by atoms with Crippen molar-refractivity contribution in [3.63, 3.8) is 0 Å². The van der Waals surface area contributed by atoms with Gasteiger partial charge in [0.15, 0.2) is 0 Å². The minimum absolute atomic E-state index is 0.113. The Balaban J connectivity index is 1.86. The van der Waals surface area contributed by atoms with Gasteiger partial charge in [0, 0.05) is 5.56 Å². The van der Waals surface area contributed by atoms with Crippen molar-refractivity contribution in [2.24, 2.45) is 0 Å². The highest BCUT2D eigenvalue weighted by Gasteiger charge is 2.37. The smallest absolute Gasteiger partial charge is 0.139 e. The van der Waals surface area contributed by atoms with Crippen LogP contribution in [0.1, 0.15) is 11.6 Å². The topological polar surface area (TPSA) is 33.7 Å². The maximum Gasteiger partial charge on any atom is 0.139 e. The van der Waals surface area contributed by atoms with Crippen molar-refractivity contribution in [1.82, 2.24) is 14.9 Å². The number of hydrogen-bond acceptors (Lipinski definition) is 3. The number of hydrogen-bond donors (Lipinski definition) is 0. The normalized spacial score (nSPS) is 19.3. The van der Waals surface area contributed by atoms with Crippen molar-refractivity contribution >= 4 is 0 Å². The first-order valence-electron chi connectivity index (χ1n) is 4.72. The zero-order chi connectivity index (χ0) is 10.3. The number of halogens is 1. The fraction of sp³-hybridized carbons (Fsp3) is 0.200. The van der Waals surface area contributed by atoms with Crippen molar-refractivity contribution in [3.05, 3.63) is 48.3 Å². The molecule has 0 amide bonds. The van der Waals surface area contributed by atoms with Crippen LogP contribution in [0.25, 0.3) is 0 Å². The second-order valence-corrected chi connectivity index (χ2v) is 3.50. The van der Waals surface area contributed by atoms with Crippen LogP contribution in [0.2, 0.25) is 0 Å². The molecule has 76 valence electrons. The van der Waals surface area contributed by atoms with Crippen molar-refractivity contribution in [3.8, 4) is 0 Å². The van der Waals surface area contributed by atoms with Crippen LogP contribution in [0.5, 0.6) is 0 Å². The lowest BCUT2D eigenvalue weighted by Crippen LogP contribution is -2.10. The van der Waals surface area contributed by atoms with Crippen molar-refractivity contribution < 1.29 is 4.39 Å². The summed E-state index contributed by atoms with van der Waals surface area (Å²) in [7, 11) is 0. The van der Waals surface area contributed by atoms with Gasteiger partial charge < -0.3 is 0 Å². The molecule has 2 aromatic rings. The third-order valence-corrected chi connectivity index (χ3v) is 2.55. The molecule has 0 radical (unpaired) electrons. The van der Waals surface area contributed by atoms with E-state index in [9.17, 15) is 4.39 Å². The summed E-state index contributed by atoms with van der Waals surface area (Å²) in [6.45, 7) is 0.805. The van der Waals surface area contributed by atoms with Gasteiger partial charge in [-0.3, -0.25) is 5.01 Å². The van der Waals surface area contributed by atoms with Gasteiger partial charge in [-0.15, -0.1) is 10.2 Å². The molecule has 3 rings (SSSR count). The van der Waals surface area contributed by atoms with E-state index in [2.05, 4.69) is 10.2 Å². The average molecular weight is 204 g/mol. The molecule has 0 N–H and O–H groups in total. The minimum atomic E-state index is -0.155. The second-order valence-electron chi connectivity index (χ2n) is 3.50. The number of benzene rings is 1. The van der Waals surface area contributed by atoms with Crippen LogP contribution >= 0.6 is 0 Å². The molecule has 4 nitrogen and oxygen atoms in total. The van der Waals surface area contributed by atoms with Crippen LogP contribution in [-0.4, -0.2) is 21.4 Å². The summed E-state index contributed by atoms with van der Waals surface area (Å²) in [6.07, 6.45) is 3.22. The van der Waals surface area contributed by atoms with E-state index in [1.807, 2.05) is 17.1 Å². The quantitative estimate of drug-likeness (QED) is 0.687. The number of nitrogens with zero attached hydrogens (tertiary/aromatic N) is 4. The van der Waals surface area contributed by atoms with Gasteiger partial charge in [0.1, 0.15) is 18.5 Å². The predicted molar refractivity (Wildman–Crippen MR) is 52.2 cm³/mol. The molecule has 1 aromatic heterocycles. The summed E-state index contributed by atoms with van der Waals surface area (Å²) in [5.74, 6) is -0.155. The van der Waals surface area contributed by atoms with Crippen LogP contribution in [0.4, 0.5) is 4.39 Å². The Hall–Kier alpha value is -1.91. The lowest BCUT2D eigenvalue weighted by atomic mass is 10.1. The first-order chi connectivity index (χ1) is 7.36. The van der Waals surface area contributed by atoms with E-state index < -0.39 is 0 Å². The Labute approximate surface area is 85.9 Å². The van der Waals surface area contributed by atoms with Crippen molar-refractivity contribution in [2.75, 3.05) is 11.6 Å². The van der Waals surface area contributed by atoms with Crippen molar-refractivity contribution in [1.29, 1.82) is 0 Å². The first kappa shape index (κ1) is 8.40. The van der Waals surface area contributed by atoms with E-state index in [0.29, 0.717) is 0 Å². The molecule has 1 saturated heterocycles. The van der Waals surface area contributed by atoms with Crippen LogP contribution in [0, 0.1) is 5.82 Å². The summed E-state index contributed by atoms with van der Waals surface area (Å²) >= 11 is 0. The van der Waals surface area contributed by atoms with E-state index in [0.717, 1.165) is 12.1 Å². The summed E-state index contributed by atoms with van der Waals surface area (Å²) in [5.41, 5.74) is 0.728. The fourth-order valence-corrected chi connectivity index (χ4v) is 1.72. The maximum absolute atomic E-state index is 13.4. The molecular formula is C10H9FN4. The minimum Gasteiger partial charge on any atom is -0.298 e. The molecule has 1 aromatic carbocycles. The molecule has 1 aliphatic heterocycles. The monoisotopic (exact) mass is 204 g/mol. The second kappa shape index (κ2) is 3.05. The highest BCUT2D eigenvalue weighted by atomic mass is 19.1. The van der Waals surface area contributed by atoms with Gasteiger partial charge in [-0.05, 0) is 6.07 Å². The van der Waals surface area contributed by atoms with Gasteiger partial charge in [-0.1, -0.05) is 18.2 Å². The molecule has 5 heteroatoms. The van der Waals surface area contributed by atoms with Crippen LogP contribution < -0.4 is 5.01 Å². The van der Waals surface area contributed by atoms with Gasteiger partial charge in [0.25, 0.3) is 0 Å². The molecule has 1 aliphatic rings. The Kier molecular flexibility index (Phi) is 1.71. The summed E-state index contributed by atoms with van der Waals surface area (Å²) < 4.78 is 15.2. The van der Waals surface area contributed by atoms with Gasteiger partial charge in [0.05, 0.1) is 12.6 Å². The maximum atomic E-state index is 13.4. The molecule has 1 fully saturated rings. The van der Waals surface area contributed by atoms with Gasteiger partial charge in [-0.2, -0.15) is 0 Å². The lowest BCUT2D eigenvalue weighted by Gasteiger charge is -2.05. The Morgan fingerprint density at radius 3 is 2.67 bits per heavy atom. The average Bonchev–Trinajstić information content (AvgIpc) is 2.85. The van der Waals surface area contributed by atoms with Gasteiger partial charge >= 0.3 is 0 Å². The van der Waals surface area contributed by atoms with Crippen molar-refractivity contribution in [2.45, 2.75) is 6.04 Å². The van der Waals surface area contributed by atoms with Gasteiger partial charge in [0.2, 0.25) is 0 Å². The summed E-state index contributed by atoms with van der Waals surface area (Å²) in [4.78, 5) is 0.